The molecule has 2 aliphatic rings. The van der Waals surface area contributed by atoms with Gasteiger partial charge in [0.15, 0.2) is 0 Å². The Morgan fingerprint density at radius 2 is 1.80 bits per heavy atom. The number of nitrogens with zero attached hydrogens (tertiary/aromatic N) is 1. The predicted octanol–water partition coefficient (Wildman–Crippen LogP) is 4.26. The fraction of sp³-hybridized carbons (Fsp3) is 0.435. The first-order chi connectivity index (χ1) is 14.0. The van der Waals surface area contributed by atoms with E-state index in [9.17, 15) is 18.7 Å². The number of rotatable bonds is 5. The molecule has 162 valence electrons. The number of aliphatic hydroxyl groups excluding tert-OH is 1. The first kappa shape index (κ1) is 22.7. The van der Waals surface area contributed by atoms with E-state index >= 15 is 0 Å². The topological polar surface area (TPSA) is 52.6 Å². The predicted molar refractivity (Wildman–Crippen MR) is 115 cm³/mol. The third kappa shape index (κ3) is 3.72. The molecule has 1 spiro atoms. The number of hydrogen-bond donors (Lipinski definition) is 2. The lowest BCUT2D eigenvalue weighted by molar-refractivity contribution is -0.125. The molecule has 2 aromatic carbocycles. The Morgan fingerprint density at radius 1 is 1.10 bits per heavy atom. The number of carbonyl (C=O) groups excluding carboxylic acids is 1. The molecule has 30 heavy (non-hydrogen) atoms. The number of anilines is 1. The maximum atomic E-state index is 14.2. The number of hydrogen-bond acceptors (Lipinski definition) is 3. The minimum atomic E-state index is -0.986. The summed E-state index contributed by atoms with van der Waals surface area (Å²) >= 11 is 0. The van der Waals surface area contributed by atoms with E-state index in [0.717, 1.165) is 24.8 Å². The monoisotopic (exact) mass is 436 g/mol. The van der Waals surface area contributed by atoms with Crippen LogP contribution in [0.3, 0.4) is 0 Å². The summed E-state index contributed by atoms with van der Waals surface area (Å²) in [5.74, 6) is -1.000. The van der Waals surface area contributed by atoms with Crippen molar-refractivity contribution in [3.63, 3.8) is 0 Å². The second-order valence-corrected chi connectivity index (χ2v) is 8.10. The molecular formula is C23H27ClF2N2O2. The van der Waals surface area contributed by atoms with Crippen molar-refractivity contribution in [2.45, 2.75) is 49.7 Å². The number of likely N-dealkylation sites (N-methyl/N-ethyl adjacent to an activating group) is 1. The zero-order valence-corrected chi connectivity index (χ0v) is 17.7. The van der Waals surface area contributed by atoms with Crippen molar-refractivity contribution in [2.75, 3.05) is 18.5 Å². The number of halogens is 3. The maximum Gasteiger partial charge on any atom is 0.238 e. The molecule has 0 bridgehead atoms. The van der Waals surface area contributed by atoms with Gasteiger partial charge >= 0.3 is 0 Å². The van der Waals surface area contributed by atoms with Gasteiger partial charge in [-0.05, 0) is 55.3 Å². The lowest BCUT2D eigenvalue weighted by atomic mass is 9.70. The van der Waals surface area contributed by atoms with Crippen LogP contribution >= 0.6 is 12.4 Å². The van der Waals surface area contributed by atoms with Crippen LogP contribution in [-0.2, 0) is 10.2 Å². The van der Waals surface area contributed by atoms with Crippen molar-refractivity contribution in [1.29, 1.82) is 0 Å². The number of fused-ring (bicyclic) bond motifs is 2. The van der Waals surface area contributed by atoms with E-state index in [4.69, 9.17) is 0 Å². The third-order valence-electron chi connectivity index (χ3n) is 6.32. The standard InChI is InChI=1S/C23H26F2N2O2.ClH/c1-26-14-20(28)21(15-6-5-7-16(24)12-15)27-19-13-17(25)8-9-18(19)23(22(27)29)10-3-2-4-11-23;/h5-9,12-13,20-21,26,28H,2-4,10-11,14H2,1H3;1H/t20-,21+;/m1./s1. The van der Waals surface area contributed by atoms with Crippen LogP contribution < -0.4 is 10.2 Å². The first-order valence-corrected chi connectivity index (χ1v) is 10.2. The van der Waals surface area contributed by atoms with Gasteiger partial charge in [0, 0.05) is 6.54 Å². The van der Waals surface area contributed by atoms with Gasteiger partial charge in [-0.1, -0.05) is 37.5 Å². The van der Waals surface area contributed by atoms with Gasteiger partial charge in [0.25, 0.3) is 0 Å². The number of benzene rings is 2. The van der Waals surface area contributed by atoms with Gasteiger partial charge in [-0.3, -0.25) is 4.79 Å². The lowest BCUT2D eigenvalue weighted by Crippen LogP contribution is -2.47. The molecular weight excluding hydrogens is 410 g/mol. The quantitative estimate of drug-likeness (QED) is 0.736. The van der Waals surface area contributed by atoms with Crippen LogP contribution in [0.2, 0.25) is 0 Å². The molecule has 0 aromatic heterocycles. The summed E-state index contributed by atoms with van der Waals surface area (Å²) < 4.78 is 28.2. The molecule has 7 heteroatoms. The molecule has 2 atom stereocenters. The Balaban J connectivity index is 0.00000256. The van der Waals surface area contributed by atoms with Crippen LogP contribution in [0.4, 0.5) is 14.5 Å². The molecule has 0 radical (unpaired) electrons. The highest BCUT2D eigenvalue weighted by Gasteiger charge is 2.53. The van der Waals surface area contributed by atoms with Gasteiger partial charge in [-0.25, -0.2) is 8.78 Å². The summed E-state index contributed by atoms with van der Waals surface area (Å²) in [6.45, 7) is 0.211. The van der Waals surface area contributed by atoms with Crippen molar-refractivity contribution in [3.8, 4) is 0 Å². The number of aliphatic hydroxyl groups is 1. The van der Waals surface area contributed by atoms with Gasteiger partial charge in [0.1, 0.15) is 11.6 Å². The highest BCUT2D eigenvalue weighted by atomic mass is 35.5. The van der Waals surface area contributed by atoms with Gasteiger partial charge in [-0.2, -0.15) is 0 Å². The summed E-state index contributed by atoms with van der Waals surface area (Å²) in [7, 11) is 1.70. The third-order valence-corrected chi connectivity index (χ3v) is 6.32. The molecule has 2 N–H and O–H groups in total. The van der Waals surface area contributed by atoms with Crippen molar-refractivity contribution in [3.05, 3.63) is 65.2 Å². The Labute approximate surface area is 181 Å². The van der Waals surface area contributed by atoms with Gasteiger partial charge in [-0.15, -0.1) is 12.4 Å². The zero-order chi connectivity index (χ0) is 20.6. The summed E-state index contributed by atoms with van der Waals surface area (Å²) in [4.78, 5) is 15.4. The highest BCUT2D eigenvalue weighted by molar-refractivity contribution is 6.08. The highest BCUT2D eigenvalue weighted by Crippen LogP contribution is 2.53. The summed E-state index contributed by atoms with van der Waals surface area (Å²) in [5, 5.41) is 13.9. The molecule has 1 heterocycles. The molecule has 4 rings (SSSR count). The van der Waals surface area contributed by atoms with E-state index in [-0.39, 0.29) is 24.9 Å². The zero-order valence-electron chi connectivity index (χ0n) is 16.9. The largest absolute Gasteiger partial charge is 0.389 e. The van der Waals surface area contributed by atoms with E-state index < -0.39 is 29.2 Å². The molecule has 1 fully saturated rings. The molecule has 4 nitrogen and oxygen atoms in total. The van der Waals surface area contributed by atoms with Gasteiger partial charge in [0.05, 0.1) is 23.2 Å². The van der Waals surface area contributed by atoms with E-state index in [1.807, 2.05) is 0 Å². The Hall–Kier alpha value is -2.02. The number of amides is 1. The van der Waals surface area contributed by atoms with Crippen LogP contribution in [-0.4, -0.2) is 30.7 Å². The SMILES string of the molecule is CNC[C@@H](O)[C@H](c1cccc(F)c1)N1C(=O)C2(CCCCC2)c2ccc(F)cc21.Cl. The molecule has 1 aliphatic carbocycles. The maximum absolute atomic E-state index is 14.2. The lowest BCUT2D eigenvalue weighted by Gasteiger charge is -2.36. The van der Waals surface area contributed by atoms with E-state index in [1.165, 1.54) is 29.2 Å². The average molecular weight is 437 g/mol. The number of carbonyl (C=O) groups is 1. The van der Waals surface area contributed by atoms with Crippen molar-refractivity contribution in [1.82, 2.24) is 5.32 Å². The first-order valence-electron chi connectivity index (χ1n) is 10.2. The Kier molecular flexibility index (Phi) is 6.80. The van der Waals surface area contributed by atoms with E-state index in [2.05, 4.69) is 5.32 Å². The van der Waals surface area contributed by atoms with E-state index in [1.54, 1.807) is 25.2 Å². The van der Waals surface area contributed by atoms with E-state index in [0.29, 0.717) is 24.1 Å². The Bertz CT molecular complexity index is 918. The fourth-order valence-electron chi connectivity index (χ4n) is 5.03. The fourth-order valence-corrected chi connectivity index (χ4v) is 5.03. The minimum Gasteiger partial charge on any atom is -0.389 e. The average Bonchev–Trinajstić information content (AvgIpc) is 2.91. The second kappa shape index (κ2) is 9.00. The molecule has 2 aromatic rings. The summed E-state index contributed by atoms with van der Waals surface area (Å²) in [6, 6.07) is 9.59. The van der Waals surface area contributed by atoms with Crippen LogP contribution in [0.25, 0.3) is 0 Å². The second-order valence-electron chi connectivity index (χ2n) is 8.10. The molecule has 0 saturated heterocycles. The smallest absolute Gasteiger partial charge is 0.238 e. The van der Waals surface area contributed by atoms with Crippen LogP contribution in [0, 0.1) is 11.6 Å². The van der Waals surface area contributed by atoms with Gasteiger partial charge in [0.2, 0.25) is 5.91 Å². The van der Waals surface area contributed by atoms with Crippen molar-refractivity contribution in [2.24, 2.45) is 0 Å². The minimum absolute atomic E-state index is 0. The number of nitrogens with one attached hydrogen (secondary N) is 1. The normalized spacial score (nSPS) is 19.3. The van der Waals surface area contributed by atoms with Crippen molar-refractivity contribution >= 4 is 24.0 Å². The Morgan fingerprint density at radius 3 is 2.47 bits per heavy atom. The van der Waals surface area contributed by atoms with Crippen LogP contribution in [0.5, 0.6) is 0 Å². The molecule has 1 aliphatic heterocycles. The summed E-state index contributed by atoms with van der Waals surface area (Å²) in [6.07, 6.45) is 3.36. The van der Waals surface area contributed by atoms with Crippen molar-refractivity contribution < 1.29 is 18.7 Å². The molecule has 0 unspecified atom stereocenters. The van der Waals surface area contributed by atoms with Gasteiger partial charge < -0.3 is 15.3 Å². The summed E-state index contributed by atoms with van der Waals surface area (Å²) in [5.41, 5.74) is 1.11. The molecule has 1 saturated carbocycles. The van der Waals surface area contributed by atoms with Crippen LogP contribution in [0.1, 0.15) is 49.3 Å². The molecule has 1 amide bonds. The van der Waals surface area contributed by atoms with Crippen LogP contribution in [0.15, 0.2) is 42.5 Å².